The number of fused-ring (bicyclic) bond motifs is 5. The number of rotatable bonds is 5. The Morgan fingerprint density at radius 2 is 2.02 bits per heavy atom. The Kier molecular flexibility index (Phi) is 6.67. The zero-order valence-electron chi connectivity index (χ0n) is 25.3. The zero-order valence-corrected chi connectivity index (χ0v) is 26.9. The Morgan fingerprint density at radius 1 is 1.26 bits per heavy atom. The topological polar surface area (TPSA) is 118 Å². The molecule has 3 saturated heterocycles. The normalized spacial score (nSPS) is 33.7. The van der Waals surface area contributed by atoms with Crippen LogP contribution in [-0.4, -0.2) is 92.4 Å². The van der Waals surface area contributed by atoms with Crippen LogP contribution in [0.25, 0.3) is 16.5 Å². The largest absolute Gasteiger partial charge is 0.349 e. The molecule has 43 heavy (non-hydrogen) atoms. The minimum atomic E-state index is -2.01. The maximum atomic E-state index is 14.4. The van der Waals surface area contributed by atoms with Crippen LogP contribution in [0.4, 0.5) is 0 Å². The summed E-state index contributed by atoms with van der Waals surface area (Å²) in [5.41, 5.74) is 2.68. The predicted octanol–water partition coefficient (Wildman–Crippen LogP) is 3.19. The van der Waals surface area contributed by atoms with Gasteiger partial charge in [0.15, 0.2) is 0 Å². The molecule has 0 saturated carbocycles. The summed E-state index contributed by atoms with van der Waals surface area (Å²) in [6.45, 7) is 8.57. The van der Waals surface area contributed by atoms with Gasteiger partial charge >= 0.3 is 0 Å². The van der Waals surface area contributed by atoms with E-state index in [1.165, 1.54) is 15.8 Å². The lowest BCUT2D eigenvalue weighted by Gasteiger charge is -2.49. The van der Waals surface area contributed by atoms with Gasteiger partial charge in [-0.2, -0.15) is 0 Å². The van der Waals surface area contributed by atoms with Gasteiger partial charge in [-0.15, -0.1) is 0 Å². The second-order valence-corrected chi connectivity index (χ2v) is 14.5. The highest BCUT2D eigenvalue weighted by atomic mass is 79.9. The number of halogens is 1. The van der Waals surface area contributed by atoms with Gasteiger partial charge in [0.2, 0.25) is 17.5 Å². The van der Waals surface area contributed by atoms with Gasteiger partial charge in [-0.25, -0.2) is 0 Å². The lowest BCUT2D eigenvalue weighted by molar-refractivity contribution is -0.322. The highest BCUT2D eigenvalue weighted by Crippen LogP contribution is 2.49. The Bertz CT molecular complexity index is 1570. The van der Waals surface area contributed by atoms with Gasteiger partial charge in [0.1, 0.15) is 12.1 Å². The van der Waals surface area contributed by atoms with E-state index in [1.807, 2.05) is 33.0 Å². The van der Waals surface area contributed by atoms with Crippen LogP contribution in [0.1, 0.15) is 58.1 Å². The Labute approximate surface area is 259 Å². The number of hydrogen-bond acceptors (Lipinski definition) is 6. The lowest BCUT2D eigenvalue weighted by Crippen LogP contribution is -2.71. The number of carbonyl (C=O) groups excluding carboxylic acids is 3. The number of amides is 3. The van der Waals surface area contributed by atoms with Crippen LogP contribution in [0.2, 0.25) is 0 Å². The number of piperazine rings is 1. The first-order valence-electron chi connectivity index (χ1n) is 15.5. The second kappa shape index (κ2) is 9.89. The summed E-state index contributed by atoms with van der Waals surface area (Å²) in [5, 5.41) is 16.3. The molecule has 1 aromatic carbocycles. The van der Waals surface area contributed by atoms with Crippen molar-refractivity contribution in [1.82, 2.24) is 25.0 Å². The molecule has 0 radical (unpaired) electrons. The molecule has 230 valence electrons. The summed E-state index contributed by atoms with van der Waals surface area (Å²) >= 11 is 3.70. The number of ether oxygens (including phenoxy) is 1. The third-order valence-corrected chi connectivity index (χ3v) is 10.9. The molecule has 0 spiro atoms. The number of aromatic amines is 1. The third kappa shape index (κ3) is 4.04. The summed E-state index contributed by atoms with van der Waals surface area (Å²) in [4.78, 5) is 50.8. The van der Waals surface area contributed by atoms with Crippen LogP contribution in [-0.2, 0) is 25.5 Å². The van der Waals surface area contributed by atoms with Gasteiger partial charge in [-0.05, 0) is 77.3 Å². The summed E-state index contributed by atoms with van der Waals surface area (Å²) in [6.07, 6.45) is 4.49. The fourth-order valence-electron chi connectivity index (χ4n) is 8.15. The van der Waals surface area contributed by atoms with Crippen LogP contribution in [0.5, 0.6) is 0 Å². The smallest absolute Gasteiger partial charge is 0.281 e. The number of aromatic nitrogens is 1. The second-order valence-electron chi connectivity index (χ2n) is 13.7. The molecule has 5 aliphatic rings. The van der Waals surface area contributed by atoms with E-state index >= 15 is 0 Å². The van der Waals surface area contributed by atoms with E-state index in [2.05, 4.69) is 43.3 Å². The van der Waals surface area contributed by atoms with Crippen molar-refractivity contribution in [3.05, 3.63) is 40.0 Å². The first kappa shape index (κ1) is 29.0. The molecule has 11 heteroatoms. The average molecular weight is 655 g/mol. The quantitative estimate of drug-likeness (QED) is 0.456. The van der Waals surface area contributed by atoms with Gasteiger partial charge in [-0.1, -0.05) is 45.9 Å². The van der Waals surface area contributed by atoms with Crippen molar-refractivity contribution < 1.29 is 24.2 Å². The van der Waals surface area contributed by atoms with E-state index in [1.54, 1.807) is 18.7 Å². The molecule has 6 atom stereocenters. The van der Waals surface area contributed by atoms with Crippen LogP contribution in [0.15, 0.2) is 28.9 Å². The summed E-state index contributed by atoms with van der Waals surface area (Å²) in [7, 11) is 2.03. The number of likely N-dealkylation sites (N-methyl/N-ethyl adjacent to an activating group) is 1. The van der Waals surface area contributed by atoms with E-state index < -0.39 is 41.5 Å². The van der Waals surface area contributed by atoms with E-state index in [0.29, 0.717) is 25.9 Å². The van der Waals surface area contributed by atoms with Gasteiger partial charge in [0.25, 0.3) is 11.8 Å². The Morgan fingerprint density at radius 3 is 2.74 bits per heavy atom. The number of benzene rings is 1. The average Bonchev–Trinajstić information content (AvgIpc) is 3.63. The number of H-pyrrole nitrogens is 1. The highest BCUT2D eigenvalue weighted by Gasteiger charge is 2.72. The van der Waals surface area contributed by atoms with Crippen LogP contribution >= 0.6 is 15.9 Å². The van der Waals surface area contributed by atoms with Crippen molar-refractivity contribution in [2.24, 2.45) is 17.8 Å². The first-order valence-corrected chi connectivity index (χ1v) is 16.3. The third-order valence-electron chi connectivity index (χ3n) is 10.3. The summed E-state index contributed by atoms with van der Waals surface area (Å²) in [5.74, 6) is -4.01. The lowest BCUT2D eigenvalue weighted by atomic mass is 9.79. The van der Waals surface area contributed by atoms with E-state index in [0.717, 1.165) is 34.1 Å². The van der Waals surface area contributed by atoms with Crippen molar-refractivity contribution >= 4 is 50.1 Å². The molecular formula is C32H40BrN5O5. The molecular weight excluding hydrogens is 614 g/mol. The minimum absolute atomic E-state index is 0.104. The maximum Gasteiger partial charge on any atom is 0.281 e. The zero-order chi connectivity index (χ0) is 30.6. The molecule has 1 aromatic heterocycles. The molecule has 3 N–H and O–H groups in total. The molecule has 5 heterocycles. The molecule has 4 aliphatic heterocycles. The van der Waals surface area contributed by atoms with Gasteiger partial charge in [0.05, 0.1) is 10.5 Å². The van der Waals surface area contributed by atoms with Gasteiger partial charge in [-0.3, -0.25) is 28.9 Å². The van der Waals surface area contributed by atoms with Crippen molar-refractivity contribution in [2.75, 3.05) is 20.1 Å². The monoisotopic (exact) mass is 653 g/mol. The summed E-state index contributed by atoms with van der Waals surface area (Å²) < 4.78 is 7.43. The Balaban J connectivity index is 1.25. The Hall–Kier alpha value is -2.73. The van der Waals surface area contributed by atoms with Crippen molar-refractivity contribution in [3.63, 3.8) is 0 Å². The standard InChI is InChI=1S/C32H40BrN5O5/c1-16(2)12-24-29(40)37-11-7-10-25(37)32(42)38(24)30(41)31(43-32,17(3)4)35-28(39)18-13-20-19-8-6-9-22-26(19)21(27(33)34-22)14-23(20)36(5)15-18/h6,8-9,13,16-18,23-25,34,42H,7,10-12,14-15H2,1-5H3,(H,35,39)/t18-,23-,24+,25+,31+,32+/m1/s1. The number of nitrogens with one attached hydrogen (secondary N) is 2. The predicted molar refractivity (Wildman–Crippen MR) is 164 cm³/mol. The van der Waals surface area contributed by atoms with Crippen LogP contribution < -0.4 is 5.32 Å². The minimum Gasteiger partial charge on any atom is -0.349 e. The van der Waals surface area contributed by atoms with Crippen molar-refractivity contribution in [1.29, 1.82) is 0 Å². The van der Waals surface area contributed by atoms with Gasteiger partial charge < -0.3 is 20.3 Å². The fourth-order valence-corrected chi connectivity index (χ4v) is 8.72. The fraction of sp³-hybridized carbons (Fsp3) is 0.594. The van der Waals surface area contributed by atoms with E-state index in [9.17, 15) is 19.5 Å². The first-order chi connectivity index (χ1) is 20.4. The number of hydrogen-bond donors (Lipinski definition) is 3. The molecule has 3 amide bonds. The van der Waals surface area contributed by atoms with E-state index in [-0.39, 0.29) is 23.8 Å². The maximum absolute atomic E-state index is 14.4. The number of nitrogens with zero attached hydrogens (tertiary/aromatic N) is 3. The molecule has 0 bridgehead atoms. The molecule has 3 fully saturated rings. The van der Waals surface area contributed by atoms with Crippen molar-refractivity contribution in [3.8, 4) is 0 Å². The molecule has 7 rings (SSSR count). The van der Waals surface area contributed by atoms with E-state index in [4.69, 9.17) is 4.74 Å². The van der Waals surface area contributed by atoms with Gasteiger partial charge in [0, 0.05) is 36.0 Å². The van der Waals surface area contributed by atoms with Crippen molar-refractivity contribution in [2.45, 2.75) is 83.1 Å². The highest BCUT2D eigenvalue weighted by molar-refractivity contribution is 9.10. The molecule has 10 nitrogen and oxygen atoms in total. The molecule has 0 unspecified atom stereocenters. The number of carbonyl (C=O) groups is 3. The SMILES string of the molecule is CC(C)C[C@H]1C(=O)N2CCC[C@H]2[C@]2(O)O[C@@](NC(=O)[C@@H]3C=C4c5cccc6[nH]c(Br)c(c56)C[C@H]4N(C)C3)(C(C)C)C(=O)N12. The number of aliphatic hydroxyl groups is 1. The van der Waals surface area contributed by atoms with Crippen LogP contribution in [0.3, 0.4) is 0 Å². The molecule has 2 aromatic rings. The van der Waals surface area contributed by atoms with Crippen LogP contribution in [0, 0.1) is 17.8 Å². The molecule has 1 aliphatic carbocycles. The summed E-state index contributed by atoms with van der Waals surface area (Å²) in [6, 6.07) is 4.76.